The molecule has 0 aromatic carbocycles. The maximum atomic E-state index is 12.0. The number of ether oxygens (including phenoxy) is 3. The SMILES string of the molecule is CC(C)(C)OC(=O)NCC(CNC(=O)OC(C)(C)C)C[C@@H](CO)NC(=O)OC(C)(C)C. The van der Waals surface area contributed by atoms with E-state index in [1.165, 1.54) is 0 Å². The number of hydrogen-bond acceptors (Lipinski definition) is 7. The van der Waals surface area contributed by atoms with Crippen molar-refractivity contribution in [1.82, 2.24) is 16.0 Å². The Labute approximate surface area is 185 Å². The third kappa shape index (κ3) is 17.2. The summed E-state index contributed by atoms with van der Waals surface area (Å²) in [6.45, 7) is 15.7. The van der Waals surface area contributed by atoms with Crippen molar-refractivity contribution in [3.8, 4) is 0 Å². The molecule has 0 heterocycles. The van der Waals surface area contributed by atoms with Crippen LogP contribution in [0.5, 0.6) is 0 Å². The van der Waals surface area contributed by atoms with Gasteiger partial charge in [0.2, 0.25) is 0 Å². The highest BCUT2D eigenvalue weighted by Crippen LogP contribution is 2.12. The van der Waals surface area contributed by atoms with Gasteiger partial charge in [-0.05, 0) is 74.7 Å². The summed E-state index contributed by atoms with van der Waals surface area (Å²) in [7, 11) is 0. The average molecular weight is 448 g/mol. The fourth-order valence-electron chi connectivity index (χ4n) is 2.38. The predicted octanol–water partition coefficient (Wildman–Crippen LogP) is 2.93. The van der Waals surface area contributed by atoms with E-state index in [1.807, 2.05) is 0 Å². The molecule has 1 atom stereocenters. The van der Waals surface area contributed by atoms with Crippen LogP contribution < -0.4 is 16.0 Å². The van der Waals surface area contributed by atoms with Gasteiger partial charge in [0, 0.05) is 13.1 Å². The lowest BCUT2D eigenvalue weighted by atomic mass is 10.00. The van der Waals surface area contributed by atoms with Crippen LogP contribution in [0, 0.1) is 5.92 Å². The smallest absolute Gasteiger partial charge is 0.407 e. The zero-order valence-electron chi connectivity index (χ0n) is 20.4. The van der Waals surface area contributed by atoms with E-state index in [0.717, 1.165) is 0 Å². The normalized spacial score (nSPS) is 13.3. The molecule has 0 aromatic rings. The van der Waals surface area contributed by atoms with E-state index in [9.17, 15) is 19.5 Å². The van der Waals surface area contributed by atoms with Crippen LogP contribution in [0.15, 0.2) is 0 Å². The molecule has 0 rings (SSSR count). The van der Waals surface area contributed by atoms with Crippen LogP contribution in [0.2, 0.25) is 0 Å². The Morgan fingerprint density at radius 1 is 0.710 bits per heavy atom. The second-order valence-corrected chi connectivity index (χ2v) is 10.4. The molecule has 0 spiro atoms. The highest BCUT2D eigenvalue weighted by atomic mass is 16.6. The Bertz CT molecular complexity index is 557. The van der Waals surface area contributed by atoms with Crippen LogP contribution >= 0.6 is 0 Å². The van der Waals surface area contributed by atoms with Gasteiger partial charge in [-0.25, -0.2) is 14.4 Å². The van der Waals surface area contributed by atoms with Gasteiger partial charge in [0.05, 0.1) is 12.6 Å². The molecule has 10 nitrogen and oxygen atoms in total. The molecule has 0 saturated carbocycles. The average Bonchev–Trinajstić information content (AvgIpc) is 2.51. The molecule has 0 fully saturated rings. The molecule has 0 aliphatic carbocycles. The van der Waals surface area contributed by atoms with Gasteiger partial charge in [-0.2, -0.15) is 0 Å². The van der Waals surface area contributed by atoms with Gasteiger partial charge in [-0.3, -0.25) is 0 Å². The van der Waals surface area contributed by atoms with Gasteiger partial charge in [-0.1, -0.05) is 0 Å². The number of alkyl carbamates (subject to hydrolysis) is 3. The van der Waals surface area contributed by atoms with Crippen molar-refractivity contribution in [3.63, 3.8) is 0 Å². The Morgan fingerprint density at radius 2 is 1.06 bits per heavy atom. The molecule has 0 bridgehead atoms. The summed E-state index contributed by atoms with van der Waals surface area (Å²) >= 11 is 0. The molecule has 4 N–H and O–H groups in total. The number of carbonyl (C=O) groups is 3. The van der Waals surface area contributed by atoms with Gasteiger partial charge in [-0.15, -0.1) is 0 Å². The van der Waals surface area contributed by atoms with Crippen molar-refractivity contribution in [3.05, 3.63) is 0 Å². The third-order valence-electron chi connectivity index (χ3n) is 3.43. The summed E-state index contributed by atoms with van der Waals surface area (Å²) in [4.78, 5) is 36.0. The largest absolute Gasteiger partial charge is 0.444 e. The van der Waals surface area contributed by atoms with Crippen LogP contribution in [0.1, 0.15) is 68.7 Å². The first-order valence-electron chi connectivity index (χ1n) is 10.4. The first kappa shape index (κ1) is 28.8. The summed E-state index contributed by atoms with van der Waals surface area (Å²) in [5.41, 5.74) is -1.99. The molecule has 10 heteroatoms. The Morgan fingerprint density at radius 3 is 1.39 bits per heavy atom. The quantitative estimate of drug-likeness (QED) is 0.420. The monoisotopic (exact) mass is 447 g/mol. The first-order valence-corrected chi connectivity index (χ1v) is 10.4. The number of aliphatic hydroxyl groups excluding tert-OH is 1. The van der Waals surface area contributed by atoms with Gasteiger partial charge in [0.15, 0.2) is 0 Å². The van der Waals surface area contributed by atoms with Crippen molar-refractivity contribution in [2.24, 2.45) is 5.92 Å². The van der Waals surface area contributed by atoms with Crippen LogP contribution in [-0.4, -0.2) is 65.9 Å². The summed E-state index contributed by atoms with van der Waals surface area (Å²) in [6.07, 6.45) is -1.60. The Kier molecular flexibility index (Phi) is 11.1. The topological polar surface area (TPSA) is 135 Å². The van der Waals surface area contributed by atoms with E-state index in [1.54, 1.807) is 62.3 Å². The van der Waals surface area contributed by atoms with E-state index in [2.05, 4.69) is 16.0 Å². The summed E-state index contributed by atoms with van der Waals surface area (Å²) in [6, 6.07) is -0.638. The van der Waals surface area contributed by atoms with E-state index < -0.39 is 41.1 Å². The number of carbonyl (C=O) groups excluding carboxylic acids is 3. The standard InChI is InChI=1S/C21H41N3O7/c1-19(2,3)29-16(26)22-11-14(12-23-17(27)30-20(4,5)6)10-15(13-25)24-18(28)31-21(7,8)9/h14-15,25H,10-13H2,1-9H3,(H,22,26)(H,23,27)(H,24,28)/t15-/m0/s1. The summed E-state index contributed by atoms with van der Waals surface area (Å²) in [5, 5.41) is 17.6. The minimum absolute atomic E-state index is 0.150. The molecule has 31 heavy (non-hydrogen) atoms. The number of rotatable bonds is 8. The van der Waals surface area contributed by atoms with Crippen LogP contribution in [0.25, 0.3) is 0 Å². The van der Waals surface area contributed by atoms with Gasteiger partial charge in [0.25, 0.3) is 0 Å². The van der Waals surface area contributed by atoms with Crippen LogP contribution in [0.3, 0.4) is 0 Å². The van der Waals surface area contributed by atoms with E-state index >= 15 is 0 Å². The van der Waals surface area contributed by atoms with Crippen LogP contribution in [0.4, 0.5) is 14.4 Å². The zero-order chi connectivity index (χ0) is 24.5. The molecular weight excluding hydrogens is 406 g/mol. The predicted molar refractivity (Wildman–Crippen MR) is 117 cm³/mol. The highest BCUT2D eigenvalue weighted by molar-refractivity contribution is 5.69. The van der Waals surface area contributed by atoms with Gasteiger partial charge < -0.3 is 35.3 Å². The molecule has 0 saturated heterocycles. The number of hydrogen-bond donors (Lipinski definition) is 4. The fourth-order valence-corrected chi connectivity index (χ4v) is 2.38. The van der Waals surface area contributed by atoms with Gasteiger partial charge >= 0.3 is 18.3 Å². The maximum absolute atomic E-state index is 12.0. The summed E-state index contributed by atoms with van der Waals surface area (Å²) < 4.78 is 15.7. The van der Waals surface area contributed by atoms with Crippen molar-refractivity contribution in [2.75, 3.05) is 19.7 Å². The Hall–Kier alpha value is -2.23. The molecule has 0 unspecified atom stereocenters. The number of nitrogens with one attached hydrogen (secondary N) is 3. The molecule has 182 valence electrons. The second kappa shape index (κ2) is 12.0. The minimum Gasteiger partial charge on any atom is -0.444 e. The van der Waals surface area contributed by atoms with Crippen molar-refractivity contribution in [2.45, 2.75) is 91.6 Å². The lowest BCUT2D eigenvalue weighted by Crippen LogP contribution is -2.46. The first-order chi connectivity index (χ1) is 13.9. The van der Waals surface area contributed by atoms with E-state index in [-0.39, 0.29) is 32.0 Å². The van der Waals surface area contributed by atoms with E-state index in [4.69, 9.17) is 14.2 Å². The molecule has 0 radical (unpaired) electrons. The highest BCUT2D eigenvalue weighted by Gasteiger charge is 2.24. The van der Waals surface area contributed by atoms with Crippen LogP contribution in [-0.2, 0) is 14.2 Å². The van der Waals surface area contributed by atoms with Crippen molar-refractivity contribution in [1.29, 1.82) is 0 Å². The lowest BCUT2D eigenvalue weighted by Gasteiger charge is -2.27. The lowest BCUT2D eigenvalue weighted by molar-refractivity contribution is 0.0443. The molecular formula is C21H41N3O7. The van der Waals surface area contributed by atoms with Crippen molar-refractivity contribution < 1.29 is 33.7 Å². The Balaban J connectivity index is 5.02. The molecule has 0 aliphatic rings. The molecule has 0 aromatic heterocycles. The van der Waals surface area contributed by atoms with E-state index in [0.29, 0.717) is 0 Å². The second-order valence-electron chi connectivity index (χ2n) is 10.4. The number of amides is 3. The minimum atomic E-state index is -0.681. The van der Waals surface area contributed by atoms with Crippen molar-refractivity contribution >= 4 is 18.3 Å². The number of aliphatic hydroxyl groups is 1. The fraction of sp³-hybridized carbons (Fsp3) is 0.857. The molecule has 0 aliphatic heterocycles. The summed E-state index contributed by atoms with van der Waals surface area (Å²) in [5.74, 6) is -0.327. The maximum Gasteiger partial charge on any atom is 0.407 e. The molecule has 3 amide bonds. The van der Waals surface area contributed by atoms with Gasteiger partial charge in [0.1, 0.15) is 16.8 Å². The zero-order valence-corrected chi connectivity index (χ0v) is 20.4. The third-order valence-corrected chi connectivity index (χ3v) is 3.43.